The Morgan fingerprint density at radius 2 is 2.22 bits per heavy atom. The number of aromatic nitrogens is 2. The van der Waals surface area contributed by atoms with Crippen molar-refractivity contribution in [3.05, 3.63) is 50.5 Å². The zero-order chi connectivity index (χ0) is 16.4. The van der Waals surface area contributed by atoms with E-state index in [-0.39, 0.29) is 16.9 Å². The van der Waals surface area contributed by atoms with Gasteiger partial charge in [0, 0.05) is 18.2 Å². The highest BCUT2D eigenvalue weighted by atomic mass is 32.1. The molecule has 0 spiro atoms. The van der Waals surface area contributed by atoms with E-state index in [1.165, 1.54) is 11.6 Å². The SMILES string of the molecule is COc1cc2c(cc1-c1cc(=O)[nH]c(=S)n1CCO)C=CCC2. The molecule has 1 heterocycles. The fourth-order valence-corrected chi connectivity index (χ4v) is 3.18. The summed E-state index contributed by atoms with van der Waals surface area (Å²) < 4.78 is 7.54. The summed E-state index contributed by atoms with van der Waals surface area (Å²) in [4.78, 5) is 14.5. The molecule has 2 aromatic rings. The van der Waals surface area contributed by atoms with Crippen molar-refractivity contribution < 1.29 is 9.84 Å². The number of methoxy groups -OCH3 is 1. The molecule has 1 aliphatic rings. The lowest BCUT2D eigenvalue weighted by Gasteiger charge is -2.19. The van der Waals surface area contributed by atoms with Crippen molar-refractivity contribution >= 4 is 18.3 Å². The van der Waals surface area contributed by atoms with Crippen LogP contribution in [0, 0.1) is 4.77 Å². The number of rotatable bonds is 4. The lowest BCUT2D eigenvalue weighted by molar-refractivity contribution is 0.275. The topological polar surface area (TPSA) is 67.2 Å². The summed E-state index contributed by atoms with van der Waals surface area (Å²) in [5, 5.41) is 9.30. The number of allylic oxidation sites excluding steroid dienone is 1. The Labute approximate surface area is 138 Å². The molecule has 0 aliphatic heterocycles. The first-order chi connectivity index (χ1) is 11.1. The van der Waals surface area contributed by atoms with Crippen molar-refractivity contribution in [3.8, 4) is 17.0 Å². The van der Waals surface area contributed by atoms with Gasteiger partial charge in [0.15, 0.2) is 4.77 Å². The fourth-order valence-electron chi connectivity index (χ4n) is 2.89. The van der Waals surface area contributed by atoms with E-state index in [0.29, 0.717) is 18.0 Å². The lowest BCUT2D eigenvalue weighted by Crippen LogP contribution is -2.16. The molecule has 23 heavy (non-hydrogen) atoms. The molecule has 6 heteroatoms. The average molecular weight is 330 g/mol. The second-order valence-corrected chi connectivity index (χ2v) is 5.78. The van der Waals surface area contributed by atoms with Gasteiger partial charge in [-0.3, -0.25) is 9.78 Å². The summed E-state index contributed by atoms with van der Waals surface area (Å²) in [6.45, 7) is 0.238. The van der Waals surface area contributed by atoms with E-state index in [4.69, 9.17) is 17.0 Å². The highest BCUT2D eigenvalue weighted by Gasteiger charge is 2.16. The van der Waals surface area contributed by atoms with Gasteiger partial charge >= 0.3 is 0 Å². The van der Waals surface area contributed by atoms with Gasteiger partial charge in [-0.15, -0.1) is 0 Å². The van der Waals surface area contributed by atoms with Crippen LogP contribution in [0.1, 0.15) is 17.5 Å². The third-order valence-electron chi connectivity index (χ3n) is 3.97. The number of aliphatic hydroxyl groups is 1. The minimum Gasteiger partial charge on any atom is -0.496 e. The molecule has 1 aliphatic carbocycles. The van der Waals surface area contributed by atoms with Crippen molar-refractivity contribution in [1.82, 2.24) is 9.55 Å². The maximum Gasteiger partial charge on any atom is 0.252 e. The molecular formula is C17H18N2O3S. The molecule has 0 fully saturated rings. The number of H-pyrrole nitrogens is 1. The van der Waals surface area contributed by atoms with E-state index in [1.54, 1.807) is 11.7 Å². The Kier molecular flexibility index (Phi) is 4.45. The second-order valence-electron chi connectivity index (χ2n) is 5.39. The van der Waals surface area contributed by atoms with Crippen LogP contribution in [0.4, 0.5) is 0 Å². The molecule has 2 N–H and O–H groups in total. The Hall–Kier alpha value is -2.18. The smallest absolute Gasteiger partial charge is 0.252 e. The van der Waals surface area contributed by atoms with E-state index >= 15 is 0 Å². The summed E-state index contributed by atoms with van der Waals surface area (Å²) in [6.07, 6.45) is 6.21. The molecule has 3 rings (SSSR count). The number of nitrogens with one attached hydrogen (secondary N) is 1. The molecule has 0 unspecified atom stereocenters. The molecule has 0 saturated heterocycles. The number of ether oxygens (including phenoxy) is 1. The average Bonchev–Trinajstić information content (AvgIpc) is 2.56. The maximum atomic E-state index is 11.9. The van der Waals surface area contributed by atoms with E-state index in [1.807, 2.05) is 12.1 Å². The van der Waals surface area contributed by atoms with Crippen LogP contribution in [-0.4, -0.2) is 28.4 Å². The van der Waals surface area contributed by atoms with Crippen LogP contribution in [-0.2, 0) is 13.0 Å². The number of aryl methyl sites for hydroxylation is 1. The molecule has 5 nitrogen and oxygen atoms in total. The number of aromatic amines is 1. The van der Waals surface area contributed by atoms with Gasteiger partial charge in [0.1, 0.15) is 5.75 Å². The third kappa shape index (κ3) is 3.00. The maximum absolute atomic E-state index is 11.9. The van der Waals surface area contributed by atoms with Crippen molar-refractivity contribution in [3.63, 3.8) is 0 Å². The molecular weight excluding hydrogens is 312 g/mol. The van der Waals surface area contributed by atoms with Crippen LogP contribution >= 0.6 is 12.2 Å². The monoisotopic (exact) mass is 330 g/mol. The largest absolute Gasteiger partial charge is 0.496 e. The van der Waals surface area contributed by atoms with Crippen LogP contribution in [0.5, 0.6) is 5.75 Å². The standard InChI is InChI=1S/C17H18N2O3S/c1-22-15-9-12-5-3-2-4-11(12)8-13(15)14-10-16(21)18-17(23)19(14)6-7-20/h2,4,8-10,20H,3,5-7H2,1H3,(H,18,21,23). The Bertz CT molecular complexity index is 880. The molecule has 1 aromatic carbocycles. The zero-order valence-corrected chi connectivity index (χ0v) is 13.7. The summed E-state index contributed by atoms with van der Waals surface area (Å²) in [5.74, 6) is 0.700. The Morgan fingerprint density at radius 1 is 1.39 bits per heavy atom. The van der Waals surface area contributed by atoms with Gasteiger partial charge in [-0.25, -0.2) is 0 Å². The zero-order valence-electron chi connectivity index (χ0n) is 12.8. The number of nitrogens with zero attached hydrogens (tertiary/aromatic N) is 1. The summed E-state index contributed by atoms with van der Waals surface area (Å²) in [7, 11) is 1.61. The molecule has 0 bridgehead atoms. The van der Waals surface area contributed by atoms with Crippen molar-refractivity contribution in [2.45, 2.75) is 19.4 Å². The van der Waals surface area contributed by atoms with Crippen LogP contribution in [0.25, 0.3) is 17.3 Å². The van der Waals surface area contributed by atoms with Crippen molar-refractivity contribution in [1.29, 1.82) is 0 Å². The predicted molar refractivity (Wildman–Crippen MR) is 92.3 cm³/mol. The van der Waals surface area contributed by atoms with Gasteiger partial charge in [0.25, 0.3) is 5.56 Å². The van der Waals surface area contributed by atoms with E-state index in [0.717, 1.165) is 24.0 Å². The minimum absolute atomic E-state index is 0.0689. The number of aliphatic hydroxyl groups excluding tert-OH is 1. The normalized spacial score (nSPS) is 13.0. The van der Waals surface area contributed by atoms with E-state index in [2.05, 4.69) is 17.1 Å². The quantitative estimate of drug-likeness (QED) is 0.846. The van der Waals surface area contributed by atoms with E-state index < -0.39 is 0 Å². The molecule has 0 amide bonds. The minimum atomic E-state index is -0.269. The van der Waals surface area contributed by atoms with Crippen molar-refractivity contribution in [2.75, 3.05) is 13.7 Å². The third-order valence-corrected chi connectivity index (χ3v) is 4.29. The lowest BCUT2D eigenvalue weighted by atomic mass is 9.93. The van der Waals surface area contributed by atoms with Gasteiger partial charge in [-0.1, -0.05) is 12.2 Å². The predicted octanol–water partition coefficient (Wildman–Crippen LogP) is 2.53. The van der Waals surface area contributed by atoms with Crippen LogP contribution in [0.3, 0.4) is 0 Å². The molecule has 120 valence electrons. The highest BCUT2D eigenvalue weighted by molar-refractivity contribution is 7.71. The first-order valence-electron chi connectivity index (χ1n) is 7.47. The van der Waals surface area contributed by atoms with Gasteiger partial charge in [-0.2, -0.15) is 0 Å². The number of benzene rings is 1. The summed E-state index contributed by atoms with van der Waals surface area (Å²) in [6, 6.07) is 5.52. The van der Waals surface area contributed by atoms with Crippen LogP contribution < -0.4 is 10.3 Å². The van der Waals surface area contributed by atoms with Crippen molar-refractivity contribution in [2.24, 2.45) is 0 Å². The molecule has 0 atom stereocenters. The molecule has 0 radical (unpaired) electrons. The highest BCUT2D eigenvalue weighted by Crippen LogP contribution is 2.34. The van der Waals surface area contributed by atoms with Gasteiger partial charge in [0.05, 0.1) is 19.4 Å². The molecule has 1 aromatic heterocycles. The summed E-state index contributed by atoms with van der Waals surface area (Å²) >= 11 is 5.23. The van der Waals surface area contributed by atoms with E-state index in [9.17, 15) is 9.90 Å². The number of fused-ring (bicyclic) bond motifs is 1. The van der Waals surface area contributed by atoms with Gasteiger partial charge in [0.2, 0.25) is 0 Å². The first-order valence-corrected chi connectivity index (χ1v) is 7.87. The van der Waals surface area contributed by atoms with Crippen LogP contribution in [0.2, 0.25) is 0 Å². The number of hydrogen-bond acceptors (Lipinski definition) is 4. The van der Waals surface area contributed by atoms with Gasteiger partial charge in [-0.05, 0) is 48.3 Å². The summed E-state index contributed by atoms with van der Waals surface area (Å²) in [5.41, 5.74) is 3.52. The van der Waals surface area contributed by atoms with Gasteiger partial charge < -0.3 is 14.4 Å². The fraction of sp³-hybridized carbons (Fsp3) is 0.294. The number of hydrogen-bond donors (Lipinski definition) is 2. The Morgan fingerprint density at radius 3 is 2.96 bits per heavy atom. The Balaban J connectivity index is 2.28. The van der Waals surface area contributed by atoms with Crippen LogP contribution in [0.15, 0.2) is 29.1 Å². The molecule has 0 saturated carbocycles. The first kappa shape index (κ1) is 15.7. The second kappa shape index (κ2) is 6.52.